The molecule has 0 fully saturated rings. The molecular formula is C20H19ClN2O2S. The van der Waals surface area contributed by atoms with E-state index in [-0.39, 0.29) is 11.4 Å². The molecule has 0 saturated heterocycles. The molecule has 3 aromatic rings. The van der Waals surface area contributed by atoms with Crippen LogP contribution in [-0.4, -0.2) is 8.42 Å². The molecule has 0 radical (unpaired) electrons. The maximum atomic E-state index is 13.3. The van der Waals surface area contributed by atoms with Gasteiger partial charge < -0.3 is 5.73 Å². The average Bonchev–Trinajstić information content (AvgIpc) is 2.60. The quantitative estimate of drug-likeness (QED) is 0.650. The Balaban J connectivity index is 2.09. The van der Waals surface area contributed by atoms with Crippen molar-refractivity contribution in [1.82, 2.24) is 0 Å². The number of nitrogens with zero attached hydrogens (tertiary/aromatic N) is 1. The van der Waals surface area contributed by atoms with Gasteiger partial charge in [-0.15, -0.1) is 0 Å². The van der Waals surface area contributed by atoms with Crippen LogP contribution in [0.3, 0.4) is 0 Å². The summed E-state index contributed by atoms with van der Waals surface area (Å²) >= 11 is 6.09. The van der Waals surface area contributed by atoms with Gasteiger partial charge in [0.05, 0.1) is 17.1 Å². The topological polar surface area (TPSA) is 63.4 Å². The van der Waals surface area contributed by atoms with E-state index in [0.717, 1.165) is 11.1 Å². The number of hydrogen-bond donors (Lipinski definition) is 1. The third-order valence-electron chi connectivity index (χ3n) is 3.98. The van der Waals surface area contributed by atoms with Gasteiger partial charge in [-0.25, -0.2) is 8.42 Å². The zero-order valence-electron chi connectivity index (χ0n) is 14.3. The summed E-state index contributed by atoms with van der Waals surface area (Å²) in [5.41, 5.74) is 8.72. The Morgan fingerprint density at radius 2 is 1.65 bits per heavy atom. The second kappa shape index (κ2) is 7.40. The van der Waals surface area contributed by atoms with Crippen LogP contribution in [0.25, 0.3) is 0 Å². The van der Waals surface area contributed by atoms with Crippen LogP contribution in [0.5, 0.6) is 0 Å². The maximum absolute atomic E-state index is 13.3. The first kappa shape index (κ1) is 18.3. The van der Waals surface area contributed by atoms with E-state index in [9.17, 15) is 8.42 Å². The minimum atomic E-state index is -3.76. The summed E-state index contributed by atoms with van der Waals surface area (Å²) in [6.45, 7) is 2.07. The lowest BCUT2D eigenvalue weighted by molar-refractivity contribution is 0.590. The fraction of sp³-hybridized carbons (Fsp3) is 0.100. The molecule has 0 spiro atoms. The standard InChI is InChI=1S/C20H19ClN2O2S/c1-15-8-10-20(11-9-15)26(24,25)23(19-7-3-5-17(21)13-19)14-16-4-2-6-18(22)12-16/h2-13H,14,22H2,1H3. The molecule has 3 aromatic carbocycles. The Hall–Kier alpha value is -2.50. The number of hydrogen-bond acceptors (Lipinski definition) is 3. The molecule has 0 unspecified atom stereocenters. The molecule has 0 aliphatic carbocycles. The molecular weight excluding hydrogens is 368 g/mol. The van der Waals surface area contributed by atoms with Gasteiger partial charge in [-0.05, 0) is 55.0 Å². The molecule has 0 aliphatic heterocycles. The van der Waals surface area contributed by atoms with Crippen molar-refractivity contribution in [3.8, 4) is 0 Å². The number of anilines is 2. The zero-order valence-corrected chi connectivity index (χ0v) is 15.8. The number of aryl methyl sites for hydroxylation is 1. The van der Waals surface area contributed by atoms with Crippen molar-refractivity contribution in [1.29, 1.82) is 0 Å². The van der Waals surface area contributed by atoms with E-state index in [2.05, 4.69) is 0 Å². The first-order valence-corrected chi connectivity index (χ1v) is 9.87. The van der Waals surface area contributed by atoms with Gasteiger partial charge in [0.1, 0.15) is 0 Å². The molecule has 4 nitrogen and oxygen atoms in total. The number of halogens is 1. The van der Waals surface area contributed by atoms with Crippen LogP contribution in [0.4, 0.5) is 11.4 Å². The molecule has 134 valence electrons. The van der Waals surface area contributed by atoms with Gasteiger partial charge in [0.2, 0.25) is 0 Å². The normalized spacial score (nSPS) is 11.3. The van der Waals surface area contributed by atoms with Crippen molar-refractivity contribution in [3.63, 3.8) is 0 Å². The fourth-order valence-corrected chi connectivity index (χ4v) is 4.27. The highest BCUT2D eigenvalue weighted by molar-refractivity contribution is 7.92. The monoisotopic (exact) mass is 386 g/mol. The third kappa shape index (κ3) is 4.00. The van der Waals surface area contributed by atoms with Crippen LogP contribution >= 0.6 is 11.6 Å². The van der Waals surface area contributed by atoms with Crippen molar-refractivity contribution in [2.45, 2.75) is 18.4 Å². The first-order chi connectivity index (χ1) is 12.4. The van der Waals surface area contributed by atoms with Gasteiger partial charge in [-0.3, -0.25) is 4.31 Å². The van der Waals surface area contributed by atoms with E-state index in [1.54, 1.807) is 66.7 Å². The van der Waals surface area contributed by atoms with Crippen LogP contribution in [0.2, 0.25) is 5.02 Å². The second-order valence-electron chi connectivity index (χ2n) is 6.05. The molecule has 0 amide bonds. The van der Waals surface area contributed by atoms with Crippen molar-refractivity contribution < 1.29 is 8.42 Å². The van der Waals surface area contributed by atoms with Gasteiger partial charge in [-0.1, -0.05) is 47.5 Å². The predicted octanol–water partition coefficient (Wildman–Crippen LogP) is 4.63. The van der Waals surface area contributed by atoms with Crippen LogP contribution in [0.15, 0.2) is 77.7 Å². The summed E-state index contributed by atoms with van der Waals surface area (Å²) in [4.78, 5) is 0.229. The molecule has 0 saturated carbocycles. The van der Waals surface area contributed by atoms with Crippen molar-refractivity contribution in [2.75, 3.05) is 10.0 Å². The van der Waals surface area contributed by atoms with Gasteiger partial charge in [-0.2, -0.15) is 0 Å². The van der Waals surface area contributed by atoms with E-state index >= 15 is 0 Å². The van der Waals surface area contributed by atoms with Gasteiger partial charge in [0.25, 0.3) is 10.0 Å². The summed E-state index contributed by atoms with van der Waals surface area (Å²) < 4.78 is 27.9. The summed E-state index contributed by atoms with van der Waals surface area (Å²) in [6.07, 6.45) is 0. The minimum Gasteiger partial charge on any atom is -0.399 e. The van der Waals surface area contributed by atoms with Crippen LogP contribution in [0, 0.1) is 6.92 Å². The number of sulfonamides is 1. The number of rotatable bonds is 5. The summed E-state index contributed by atoms with van der Waals surface area (Å²) in [5, 5.41) is 0.471. The molecule has 0 aromatic heterocycles. The molecule has 26 heavy (non-hydrogen) atoms. The highest BCUT2D eigenvalue weighted by Gasteiger charge is 2.25. The largest absolute Gasteiger partial charge is 0.399 e. The van der Waals surface area contributed by atoms with Crippen LogP contribution in [0.1, 0.15) is 11.1 Å². The Kier molecular flexibility index (Phi) is 5.20. The van der Waals surface area contributed by atoms with Gasteiger partial charge in [0, 0.05) is 10.7 Å². The Labute approximate surface area is 158 Å². The Bertz CT molecular complexity index is 1020. The van der Waals surface area contributed by atoms with Crippen molar-refractivity contribution in [3.05, 3.63) is 88.9 Å². The molecule has 6 heteroatoms. The molecule has 0 aliphatic rings. The van der Waals surface area contributed by atoms with Gasteiger partial charge >= 0.3 is 0 Å². The average molecular weight is 387 g/mol. The van der Waals surface area contributed by atoms with Crippen molar-refractivity contribution >= 4 is 33.0 Å². The first-order valence-electron chi connectivity index (χ1n) is 8.06. The van der Waals surface area contributed by atoms with E-state index in [0.29, 0.717) is 16.4 Å². The maximum Gasteiger partial charge on any atom is 0.264 e. The number of benzene rings is 3. The number of nitrogen functional groups attached to an aromatic ring is 1. The molecule has 0 heterocycles. The smallest absolute Gasteiger partial charge is 0.264 e. The number of nitrogens with two attached hydrogens (primary N) is 1. The predicted molar refractivity (Wildman–Crippen MR) is 107 cm³/mol. The highest BCUT2D eigenvalue weighted by Crippen LogP contribution is 2.28. The lowest BCUT2D eigenvalue weighted by atomic mass is 10.2. The van der Waals surface area contributed by atoms with Gasteiger partial charge in [0.15, 0.2) is 0 Å². The molecule has 0 atom stereocenters. The summed E-state index contributed by atoms with van der Waals surface area (Å²) in [5.74, 6) is 0. The fourth-order valence-electron chi connectivity index (χ4n) is 2.64. The molecule has 2 N–H and O–H groups in total. The second-order valence-corrected chi connectivity index (χ2v) is 8.35. The van der Waals surface area contributed by atoms with Crippen LogP contribution in [-0.2, 0) is 16.6 Å². The third-order valence-corrected chi connectivity index (χ3v) is 6.01. The summed E-state index contributed by atoms with van der Waals surface area (Å²) in [6, 6.07) is 20.8. The lowest BCUT2D eigenvalue weighted by Gasteiger charge is -2.25. The van der Waals surface area contributed by atoms with Crippen molar-refractivity contribution in [2.24, 2.45) is 0 Å². The summed E-state index contributed by atoms with van der Waals surface area (Å²) in [7, 11) is -3.76. The molecule has 0 bridgehead atoms. The van der Waals surface area contributed by atoms with Crippen LogP contribution < -0.4 is 10.0 Å². The minimum absolute atomic E-state index is 0.154. The van der Waals surface area contributed by atoms with E-state index in [4.69, 9.17) is 17.3 Å². The van der Waals surface area contributed by atoms with E-state index < -0.39 is 10.0 Å². The van der Waals surface area contributed by atoms with E-state index in [1.807, 2.05) is 13.0 Å². The Morgan fingerprint density at radius 3 is 2.31 bits per heavy atom. The SMILES string of the molecule is Cc1ccc(S(=O)(=O)N(Cc2cccc(N)c2)c2cccc(Cl)c2)cc1. The van der Waals surface area contributed by atoms with E-state index in [1.165, 1.54) is 4.31 Å². The zero-order chi connectivity index (χ0) is 18.7. The lowest BCUT2D eigenvalue weighted by Crippen LogP contribution is -2.30. The molecule has 3 rings (SSSR count). The Morgan fingerprint density at radius 1 is 0.962 bits per heavy atom. The highest BCUT2D eigenvalue weighted by atomic mass is 35.5.